The fourth-order valence-electron chi connectivity index (χ4n) is 2.03. The first-order valence-corrected chi connectivity index (χ1v) is 6.97. The second-order valence-electron chi connectivity index (χ2n) is 5.03. The van der Waals surface area contributed by atoms with Gasteiger partial charge in [0.25, 0.3) is 0 Å². The molecule has 2 unspecified atom stereocenters. The zero-order valence-corrected chi connectivity index (χ0v) is 12.2. The Hall–Kier alpha value is -2.33. The number of aliphatic hydroxyl groups is 1. The van der Waals surface area contributed by atoms with Crippen LogP contribution in [0.5, 0.6) is 0 Å². The maximum atomic E-state index is 11.9. The van der Waals surface area contributed by atoms with Gasteiger partial charge in [-0.2, -0.15) is 0 Å². The highest BCUT2D eigenvalue weighted by atomic mass is 16.3. The Morgan fingerprint density at radius 3 is 2.14 bits per heavy atom. The molecule has 110 valence electrons. The molecule has 0 spiro atoms. The Bertz CT molecular complexity index is 579. The Morgan fingerprint density at radius 1 is 0.952 bits per heavy atom. The SMILES string of the molecule is CC(O)c1ccc(NC(=O)NC(C)c2ccccc2)cc1. The number of hydrogen-bond donors (Lipinski definition) is 3. The summed E-state index contributed by atoms with van der Waals surface area (Å²) in [5, 5.41) is 15.1. The van der Waals surface area contributed by atoms with Gasteiger partial charge in [0.1, 0.15) is 0 Å². The summed E-state index contributed by atoms with van der Waals surface area (Å²) in [5.74, 6) is 0. The van der Waals surface area contributed by atoms with Crippen LogP contribution in [-0.4, -0.2) is 11.1 Å². The maximum absolute atomic E-state index is 11.9. The van der Waals surface area contributed by atoms with Crippen LogP contribution >= 0.6 is 0 Å². The molecule has 2 atom stereocenters. The summed E-state index contributed by atoms with van der Waals surface area (Å²) in [7, 11) is 0. The number of nitrogens with one attached hydrogen (secondary N) is 2. The number of rotatable bonds is 4. The first-order valence-electron chi connectivity index (χ1n) is 6.97. The summed E-state index contributed by atoms with van der Waals surface area (Å²) < 4.78 is 0. The number of anilines is 1. The summed E-state index contributed by atoms with van der Waals surface area (Å²) in [6.45, 7) is 3.64. The fourth-order valence-corrected chi connectivity index (χ4v) is 2.03. The summed E-state index contributed by atoms with van der Waals surface area (Å²) in [6, 6.07) is 16.6. The van der Waals surface area contributed by atoms with Crippen LogP contribution in [0, 0.1) is 0 Å². The largest absolute Gasteiger partial charge is 0.389 e. The Labute approximate surface area is 124 Å². The lowest BCUT2D eigenvalue weighted by molar-refractivity contribution is 0.199. The number of urea groups is 1. The van der Waals surface area contributed by atoms with Gasteiger partial charge in [-0.25, -0.2) is 4.79 Å². The third-order valence-corrected chi connectivity index (χ3v) is 3.30. The van der Waals surface area contributed by atoms with Crippen molar-refractivity contribution in [1.29, 1.82) is 0 Å². The third kappa shape index (κ3) is 4.33. The number of amides is 2. The van der Waals surface area contributed by atoms with Gasteiger partial charge in [-0.3, -0.25) is 0 Å². The Kier molecular flexibility index (Phi) is 4.95. The molecule has 0 heterocycles. The van der Waals surface area contributed by atoms with Crippen LogP contribution in [0.3, 0.4) is 0 Å². The van der Waals surface area contributed by atoms with E-state index in [9.17, 15) is 9.90 Å². The van der Waals surface area contributed by atoms with E-state index in [4.69, 9.17) is 0 Å². The number of hydrogen-bond acceptors (Lipinski definition) is 2. The number of carbonyl (C=O) groups excluding carboxylic acids is 1. The minimum Gasteiger partial charge on any atom is -0.389 e. The molecule has 0 aliphatic heterocycles. The standard InChI is InChI=1S/C17H20N2O2/c1-12(14-6-4-3-5-7-14)18-17(21)19-16-10-8-15(9-11-16)13(2)20/h3-13,20H,1-2H3,(H2,18,19,21). The molecule has 0 fully saturated rings. The molecule has 2 amide bonds. The van der Waals surface area contributed by atoms with Gasteiger partial charge in [-0.15, -0.1) is 0 Å². The van der Waals surface area contributed by atoms with E-state index in [1.807, 2.05) is 37.3 Å². The average Bonchev–Trinajstić information content (AvgIpc) is 2.48. The molecule has 21 heavy (non-hydrogen) atoms. The average molecular weight is 284 g/mol. The van der Waals surface area contributed by atoms with Gasteiger partial charge in [0.05, 0.1) is 12.1 Å². The molecule has 4 heteroatoms. The highest BCUT2D eigenvalue weighted by molar-refractivity contribution is 5.89. The van der Waals surface area contributed by atoms with Crippen LogP contribution in [0.1, 0.15) is 37.1 Å². The third-order valence-electron chi connectivity index (χ3n) is 3.30. The molecule has 0 aromatic heterocycles. The van der Waals surface area contributed by atoms with Crippen molar-refractivity contribution in [3.8, 4) is 0 Å². The summed E-state index contributed by atoms with van der Waals surface area (Å²) in [6.07, 6.45) is -0.508. The molecule has 4 nitrogen and oxygen atoms in total. The Morgan fingerprint density at radius 2 is 1.57 bits per heavy atom. The number of carbonyl (C=O) groups is 1. The molecular weight excluding hydrogens is 264 g/mol. The molecule has 2 aromatic rings. The summed E-state index contributed by atoms with van der Waals surface area (Å²) >= 11 is 0. The van der Waals surface area contributed by atoms with Crippen LogP contribution in [-0.2, 0) is 0 Å². The molecule has 0 saturated carbocycles. The van der Waals surface area contributed by atoms with Gasteiger partial charge in [-0.1, -0.05) is 42.5 Å². The van der Waals surface area contributed by atoms with E-state index < -0.39 is 6.10 Å². The van der Waals surface area contributed by atoms with E-state index >= 15 is 0 Å². The molecule has 0 aliphatic rings. The highest BCUT2D eigenvalue weighted by Gasteiger charge is 2.09. The van der Waals surface area contributed by atoms with Crippen molar-refractivity contribution >= 4 is 11.7 Å². The van der Waals surface area contributed by atoms with Gasteiger partial charge in [-0.05, 0) is 37.1 Å². The van der Waals surface area contributed by atoms with E-state index in [2.05, 4.69) is 10.6 Å². The first-order chi connectivity index (χ1) is 10.1. The van der Waals surface area contributed by atoms with Gasteiger partial charge in [0, 0.05) is 5.69 Å². The van der Waals surface area contributed by atoms with Crippen LogP contribution in [0.25, 0.3) is 0 Å². The molecule has 3 N–H and O–H groups in total. The van der Waals surface area contributed by atoms with E-state index in [-0.39, 0.29) is 12.1 Å². The lowest BCUT2D eigenvalue weighted by Gasteiger charge is -2.15. The molecule has 0 saturated heterocycles. The predicted molar refractivity (Wildman–Crippen MR) is 84.1 cm³/mol. The maximum Gasteiger partial charge on any atom is 0.319 e. The monoisotopic (exact) mass is 284 g/mol. The van der Waals surface area contributed by atoms with Crippen molar-refractivity contribution in [2.24, 2.45) is 0 Å². The van der Waals surface area contributed by atoms with Crippen molar-refractivity contribution in [3.05, 3.63) is 65.7 Å². The second kappa shape index (κ2) is 6.90. The highest BCUT2D eigenvalue weighted by Crippen LogP contribution is 2.16. The lowest BCUT2D eigenvalue weighted by atomic mass is 10.1. The minimum atomic E-state index is -0.508. The summed E-state index contributed by atoms with van der Waals surface area (Å²) in [5.41, 5.74) is 2.56. The van der Waals surface area contributed by atoms with Crippen LogP contribution in [0.4, 0.5) is 10.5 Å². The van der Waals surface area contributed by atoms with Crippen LogP contribution in [0.2, 0.25) is 0 Å². The molecular formula is C17H20N2O2. The smallest absolute Gasteiger partial charge is 0.319 e. The molecule has 0 radical (unpaired) electrons. The first kappa shape index (κ1) is 15.1. The number of aliphatic hydroxyl groups excluding tert-OH is 1. The van der Waals surface area contributed by atoms with Crippen molar-refractivity contribution in [1.82, 2.24) is 5.32 Å². The van der Waals surface area contributed by atoms with E-state index in [0.717, 1.165) is 11.1 Å². The predicted octanol–water partition coefficient (Wildman–Crippen LogP) is 3.62. The zero-order valence-electron chi connectivity index (χ0n) is 12.2. The quantitative estimate of drug-likeness (QED) is 0.803. The molecule has 2 aromatic carbocycles. The lowest BCUT2D eigenvalue weighted by Crippen LogP contribution is -2.31. The van der Waals surface area contributed by atoms with Crippen molar-refractivity contribution in [3.63, 3.8) is 0 Å². The second-order valence-corrected chi connectivity index (χ2v) is 5.03. The normalized spacial score (nSPS) is 13.3. The van der Waals surface area contributed by atoms with Gasteiger partial charge >= 0.3 is 6.03 Å². The van der Waals surface area contributed by atoms with Gasteiger partial charge in [0.2, 0.25) is 0 Å². The minimum absolute atomic E-state index is 0.0667. The van der Waals surface area contributed by atoms with E-state index in [0.29, 0.717) is 5.69 Å². The van der Waals surface area contributed by atoms with Crippen LogP contribution < -0.4 is 10.6 Å². The number of benzene rings is 2. The van der Waals surface area contributed by atoms with E-state index in [1.54, 1.807) is 31.2 Å². The fraction of sp³-hybridized carbons (Fsp3) is 0.235. The summed E-state index contributed by atoms with van der Waals surface area (Å²) in [4.78, 5) is 11.9. The van der Waals surface area contributed by atoms with E-state index in [1.165, 1.54) is 0 Å². The Balaban J connectivity index is 1.92. The van der Waals surface area contributed by atoms with Crippen molar-refractivity contribution in [2.45, 2.75) is 26.0 Å². The van der Waals surface area contributed by atoms with Gasteiger partial charge < -0.3 is 15.7 Å². The molecule has 0 aliphatic carbocycles. The van der Waals surface area contributed by atoms with Crippen molar-refractivity contribution in [2.75, 3.05) is 5.32 Å². The zero-order chi connectivity index (χ0) is 15.2. The van der Waals surface area contributed by atoms with Crippen LogP contribution in [0.15, 0.2) is 54.6 Å². The van der Waals surface area contributed by atoms with Gasteiger partial charge in [0.15, 0.2) is 0 Å². The topological polar surface area (TPSA) is 61.4 Å². The molecule has 2 rings (SSSR count). The van der Waals surface area contributed by atoms with Crippen molar-refractivity contribution < 1.29 is 9.90 Å². The molecule has 0 bridgehead atoms.